The van der Waals surface area contributed by atoms with Crippen LogP contribution in [0.2, 0.25) is 0 Å². The summed E-state index contributed by atoms with van der Waals surface area (Å²) in [6, 6.07) is 5.56. The van der Waals surface area contributed by atoms with Crippen LogP contribution in [-0.2, 0) is 4.79 Å². The fourth-order valence-corrected chi connectivity index (χ4v) is 2.00. The summed E-state index contributed by atoms with van der Waals surface area (Å²) in [6.07, 6.45) is 0. The van der Waals surface area contributed by atoms with Gasteiger partial charge in [-0.3, -0.25) is 4.79 Å². The van der Waals surface area contributed by atoms with Crippen molar-refractivity contribution in [1.82, 2.24) is 5.32 Å². The van der Waals surface area contributed by atoms with Gasteiger partial charge in [-0.2, -0.15) is 5.26 Å². The number of nitrogens with one attached hydrogen (secondary N) is 2. The standard InChI is InChI=1S/C17H25N3O4/c1-11(2)17(3,10-18)20-15(21)9-19-12-7-13(22-4)16(24-6)14(8-12)23-5/h7-8,11,19H,9H2,1-6H3,(H,20,21)/t17-/m0/s1. The number of ether oxygens (including phenoxy) is 3. The van der Waals surface area contributed by atoms with Gasteiger partial charge in [0.05, 0.1) is 33.9 Å². The van der Waals surface area contributed by atoms with Gasteiger partial charge in [0.1, 0.15) is 5.54 Å². The molecular weight excluding hydrogens is 310 g/mol. The van der Waals surface area contributed by atoms with Crippen LogP contribution >= 0.6 is 0 Å². The normalized spacial score (nSPS) is 12.8. The third-order valence-corrected chi connectivity index (χ3v) is 3.90. The highest BCUT2D eigenvalue weighted by molar-refractivity contribution is 5.82. The molecular formula is C17H25N3O4. The first-order valence-electron chi connectivity index (χ1n) is 7.57. The van der Waals surface area contributed by atoms with Crippen LogP contribution in [0.4, 0.5) is 5.69 Å². The molecule has 0 aliphatic carbocycles. The Morgan fingerprint density at radius 3 is 2.12 bits per heavy atom. The van der Waals surface area contributed by atoms with Crippen LogP contribution in [0, 0.1) is 17.2 Å². The van der Waals surface area contributed by atoms with Crippen molar-refractivity contribution in [2.45, 2.75) is 26.3 Å². The largest absolute Gasteiger partial charge is 0.493 e. The summed E-state index contributed by atoms with van der Waals surface area (Å²) in [5.41, 5.74) is -0.267. The fourth-order valence-electron chi connectivity index (χ4n) is 2.00. The van der Waals surface area contributed by atoms with Crippen molar-refractivity contribution in [3.63, 3.8) is 0 Å². The lowest BCUT2D eigenvalue weighted by atomic mass is 9.90. The Morgan fingerprint density at radius 1 is 1.21 bits per heavy atom. The Morgan fingerprint density at radius 2 is 1.75 bits per heavy atom. The van der Waals surface area contributed by atoms with E-state index in [9.17, 15) is 10.1 Å². The van der Waals surface area contributed by atoms with Gasteiger partial charge >= 0.3 is 0 Å². The number of anilines is 1. The molecule has 7 nitrogen and oxygen atoms in total. The number of hydrogen-bond donors (Lipinski definition) is 2. The molecule has 0 radical (unpaired) electrons. The Hall–Kier alpha value is -2.62. The van der Waals surface area contributed by atoms with E-state index in [1.807, 2.05) is 13.8 Å². The molecule has 0 aliphatic heterocycles. The van der Waals surface area contributed by atoms with E-state index in [4.69, 9.17) is 14.2 Å². The topological polar surface area (TPSA) is 92.6 Å². The minimum atomic E-state index is -0.909. The van der Waals surface area contributed by atoms with E-state index in [0.29, 0.717) is 22.9 Å². The Bertz CT molecular complexity index is 600. The first-order chi connectivity index (χ1) is 11.3. The van der Waals surface area contributed by atoms with Gasteiger partial charge in [0.25, 0.3) is 0 Å². The van der Waals surface area contributed by atoms with Gasteiger partial charge in [0, 0.05) is 17.8 Å². The van der Waals surface area contributed by atoms with Crippen molar-refractivity contribution in [2.24, 2.45) is 5.92 Å². The predicted octanol–water partition coefficient (Wildman–Crippen LogP) is 2.18. The summed E-state index contributed by atoms with van der Waals surface area (Å²) in [7, 11) is 4.57. The first kappa shape index (κ1) is 19.4. The number of nitriles is 1. The van der Waals surface area contributed by atoms with Crippen molar-refractivity contribution in [3.05, 3.63) is 12.1 Å². The van der Waals surface area contributed by atoms with Gasteiger partial charge in [0.15, 0.2) is 11.5 Å². The van der Waals surface area contributed by atoms with Gasteiger partial charge in [-0.05, 0) is 12.8 Å². The van der Waals surface area contributed by atoms with Crippen molar-refractivity contribution in [1.29, 1.82) is 5.26 Å². The van der Waals surface area contributed by atoms with Crippen LogP contribution in [-0.4, -0.2) is 39.3 Å². The maximum absolute atomic E-state index is 12.1. The van der Waals surface area contributed by atoms with E-state index in [2.05, 4.69) is 16.7 Å². The first-order valence-corrected chi connectivity index (χ1v) is 7.57. The molecule has 1 atom stereocenters. The van der Waals surface area contributed by atoms with Gasteiger partial charge in [-0.1, -0.05) is 13.8 Å². The molecule has 24 heavy (non-hydrogen) atoms. The Balaban J connectivity index is 2.84. The highest BCUT2D eigenvalue weighted by Crippen LogP contribution is 2.39. The van der Waals surface area contributed by atoms with Crippen molar-refractivity contribution < 1.29 is 19.0 Å². The second-order valence-electron chi connectivity index (χ2n) is 5.78. The summed E-state index contributed by atoms with van der Waals surface area (Å²) in [5.74, 6) is 1.17. The minimum Gasteiger partial charge on any atom is -0.493 e. The quantitative estimate of drug-likeness (QED) is 0.756. The number of methoxy groups -OCH3 is 3. The lowest BCUT2D eigenvalue weighted by molar-refractivity contribution is -0.121. The molecule has 1 amide bonds. The maximum Gasteiger partial charge on any atom is 0.240 e. The lowest BCUT2D eigenvalue weighted by Gasteiger charge is -2.27. The maximum atomic E-state index is 12.1. The minimum absolute atomic E-state index is 0.00683. The molecule has 0 saturated carbocycles. The number of amides is 1. The van der Waals surface area contributed by atoms with Crippen LogP contribution in [0.15, 0.2) is 12.1 Å². The van der Waals surface area contributed by atoms with Crippen LogP contribution in [0.25, 0.3) is 0 Å². The summed E-state index contributed by atoms with van der Waals surface area (Å²) in [4.78, 5) is 12.1. The molecule has 7 heteroatoms. The number of carbonyl (C=O) groups is 1. The Labute approximate surface area is 142 Å². The SMILES string of the molecule is COc1cc(NCC(=O)N[C@@](C)(C#N)C(C)C)cc(OC)c1OC. The molecule has 2 N–H and O–H groups in total. The van der Waals surface area contributed by atoms with Crippen molar-refractivity contribution >= 4 is 11.6 Å². The molecule has 0 heterocycles. The molecule has 0 aromatic heterocycles. The predicted molar refractivity (Wildman–Crippen MR) is 91.6 cm³/mol. The van der Waals surface area contributed by atoms with Gasteiger partial charge in [0.2, 0.25) is 11.7 Å². The average Bonchev–Trinajstić information content (AvgIpc) is 2.58. The summed E-state index contributed by atoms with van der Waals surface area (Å²) in [5, 5.41) is 15.0. The average molecular weight is 335 g/mol. The summed E-state index contributed by atoms with van der Waals surface area (Å²) >= 11 is 0. The number of rotatable bonds is 8. The third kappa shape index (κ3) is 4.44. The van der Waals surface area contributed by atoms with E-state index in [-0.39, 0.29) is 18.4 Å². The Kier molecular flexibility index (Phi) is 6.71. The third-order valence-electron chi connectivity index (χ3n) is 3.90. The molecule has 0 aliphatic rings. The molecule has 1 rings (SSSR count). The van der Waals surface area contributed by atoms with E-state index >= 15 is 0 Å². The van der Waals surface area contributed by atoms with Crippen LogP contribution in [0.3, 0.4) is 0 Å². The zero-order valence-corrected chi connectivity index (χ0v) is 15.0. The highest BCUT2D eigenvalue weighted by Gasteiger charge is 2.29. The zero-order chi connectivity index (χ0) is 18.3. The zero-order valence-electron chi connectivity index (χ0n) is 15.0. The molecule has 0 spiro atoms. The number of hydrogen-bond acceptors (Lipinski definition) is 6. The monoisotopic (exact) mass is 335 g/mol. The highest BCUT2D eigenvalue weighted by atomic mass is 16.5. The molecule has 1 aromatic rings. The second kappa shape index (κ2) is 8.29. The van der Waals surface area contributed by atoms with Crippen LogP contribution in [0.1, 0.15) is 20.8 Å². The number of benzene rings is 1. The molecule has 0 fully saturated rings. The lowest BCUT2D eigenvalue weighted by Crippen LogP contribution is -2.50. The van der Waals surface area contributed by atoms with Gasteiger partial charge < -0.3 is 24.8 Å². The summed E-state index contributed by atoms with van der Waals surface area (Å²) in [6.45, 7) is 5.49. The van der Waals surface area contributed by atoms with Crippen molar-refractivity contribution in [2.75, 3.05) is 33.2 Å². The van der Waals surface area contributed by atoms with E-state index < -0.39 is 5.54 Å². The van der Waals surface area contributed by atoms with Crippen LogP contribution in [0.5, 0.6) is 17.2 Å². The van der Waals surface area contributed by atoms with Gasteiger partial charge in [-0.25, -0.2) is 0 Å². The molecule has 0 bridgehead atoms. The number of carbonyl (C=O) groups excluding carboxylic acids is 1. The van der Waals surface area contributed by atoms with E-state index in [1.54, 1.807) is 19.1 Å². The van der Waals surface area contributed by atoms with Crippen molar-refractivity contribution in [3.8, 4) is 23.3 Å². The second-order valence-corrected chi connectivity index (χ2v) is 5.78. The molecule has 1 aromatic carbocycles. The molecule has 0 saturated heterocycles. The number of nitrogens with zero attached hydrogens (tertiary/aromatic N) is 1. The van der Waals surface area contributed by atoms with E-state index in [1.165, 1.54) is 21.3 Å². The van der Waals surface area contributed by atoms with Crippen LogP contribution < -0.4 is 24.8 Å². The fraction of sp³-hybridized carbons (Fsp3) is 0.529. The molecule has 0 unspecified atom stereocenters. The van der Waals surface area contributed by atoms with E-state index in [0.717, 1.165) is 0 Å². The van der Waals surface area contributed by atoms with Gasteiger partial charge in [-0.15, -0.1) is 0 Å². The summed E-state index contributed by atoms with van der Waals surface area (Å²) < 4.78 is 15.8. The smallest absolute Gasteiger partial charge is 0.240 e. The molecule has 132 valence electrons.